The molecule has 11 heteroatoms. The Morgan fingerprint density at radius 1 is 1.06 bits per heavy atom. The van der Waals surface area contributed by atoms with Crippen LogP contribution in [0.15, 0.2) is 24.3 Å². The highest BCUT2D eigenvalue weighted by Gasteiger charge is 2.29. The lowest BCUT2D eigenvalue weighted by molar-refractivity contribution is -0.154. The number of nitrogens with zero attached hydrogens (tertiary/aromatic N) is 2. The molecular formula is C21H31N3O7S. The molecule has 1 fully saturated rings. The van der Waals surface area contributed by atoms with Gasteiger partial charge in [0, 0.05) is 31.7 Å². The van der Waals surface area contributed by atoms with Crippen molar-refractivity contribution in [3.63, 3.8) is 0 Å². The fourth-order valence-corrected chi connectivity index (χ4v) is 4.00. The summed E-state index contributed by atoms with van der Waals surface area (Å²) in [4.78, 5) is 38.9. The molecule has 0 spiro atoms. The van der Waals surface area contributed by atoms with Gasteiger partial charge in [0.25, 0.3) is 11.8 Å². The fourth-order valence-electron chi connectivity index (χ4n) is 3.17. The van der Waals surface area contributed by atoms with Crippen LogP contribution in [0.2, 0.25) is 0 Å². The van der Waals surface area contributed by atoms with Crippen LogP contribution in [-0.2, 0) is 24.3 Å². The summed E-state index contributed by atoms with van der Waals surface area (Å²) in [5.41, 5.74) is 0.367. The van der Waals surface area contributed by atoms with Crippen molar-refractivity contribution in [3.8, 4) is 5.75 Å². The Morgan fingerprint density at radius 2 is 1.66 bits per heavy atom. The van der Waals surface area contributed by atoms with E-state index in [-0.39, 0.29) is 32.1 Å². The molecule has 0 radical (unpaired) electrons. The minimum absolute atomic E-state index is 0.200. The number of piperazine rings is 1. The number of carbonyl (C=O) groups excluding carboxylic acids is 3. The Morgan fingerprint density at radius 3 is 2.16 bits per heavy atom. The summed E-state index contributed by atoms with van der Waals surface area (Å²) < 4.78 is 34.9. The molecule has 0 aromatic heterocycles. The van der Waals surface area contributed by atoms with Gasteiger partial charge in [0.1, 0.15) is 11.8 Å². The largest absolute Gasteiger partial charge is 0.494 e. The summed E-state index contributed by atoms with van der Waals surface area (Å²) in [6.07, 6.45) is 1.12. The van der Waals surface area contributed by atoms with Crippen LogP contribution >= 0.6 is 0 Å². The van der Waals surface area contributed by atoms with Gasteiger partial charge in [-0.2, -0.15) is 4.31 Å². The number of ether oxygens (including phenoxy) is 2. The van der Waals surface area contributed by atoms with E-state index in [1.807, 2.05) is 6.92 Å². The molecule has 1 aliphatic heterocycles. The third kappa shape index (κ3) is 7.20. The minimum Gasteiger partial charge on any atom is -0.494 e. The van der Waals surface area contributed by atoms with Crippen LogP contribution in [0.3, 0.4) is 0 Å². The number of benzene rings is 1. The molecule has 10 nitrogen and oxygen atoms in total. The van der Waals surface area contributed by atoms with Crippen molar-refractivity contribution in [2.75, 3.05) is 45.6 Å². The summed E-state index contributed by atoms with van der Waals surface area (Å²) >= 11 is 0. The van der Waals surface area contributed by atoms with E-state index in [9.17, 15) is 22.8 Å². The van der Waals surface area contributed by atoms with Crippen molar-refractivity contribution in [2.24, 2.45) is 5.92 Å². The van der Waals surface area contributed by atoms with Gasteiger partial charge in [-0.1, -0.05) is 13.8 Å². The summed E-state index contributed by atoms with van der Waals surface area (Å²) in [7, 11) is -3.30. The number of amides is 2. The quantitative estimate of drug-likeness (QED) is 0.522. The number of carbonyl (C=O) groups is 3. The zero-order chi connectivity index (χ0) is 23.9. The van der Waals surface area contributed by atoms with E-state index in [1.54, 1.807) is 38.1 Å². The van der Waals surface area contributed by atoms with E-state index >= 15 is 0 Å². The molecule has 0 aliphatic carbocycles. The van der Waals surface area contributed by atoms with Crippen LogP contribution in [0.25, 0.3) is 0 Å². The Kier molecular flexibility index (Phi) is 9.02. The standard InChI is InChI=1S/C21H31N3O7S/c1-5-30-17-8-6-16(7-9-17)20(26)22-19(15(2)3)21(27)31-14-18(25)23-10-12-24(13-11-23)32(4,28)29/h6-9,15,19H,5,10-14H2,1-4H3,(H,22,26)/t19-/m0/s1. The van der Waals surface area contributed by atoms with Crippen molar-refractivity contribution in [1.82, 2.24) is 14.5 Å². The molecule has 2 amide bonds. The van der Waals surface area contributed by atoms with Crippen LogP contribution in [0.4, 0.5) is 0 Å². The summed E-state index contributed by atoms with van der Waals surface area (Å²) in [5, 5.41) is 2.66. The summed E-state index contributed by atoms with van der Waals surface area (Å²) in [5.74, 6) is -1.18. The molecular weight excluding hydrogens is 438 g/mol. The molecule has 1 aliphatic rings. The monoisotopic (exact) mass is 469 g/mol. The van der Waals surface area contributed by atoms with Crippen molar-refractivity contribution in [1.29, 1.82) is 0 Å². The number of hydrogen-bond acceptors (Lipinski definition) is 7. The van der Waals surface area contributed by atoms with Gasteiger partial charge < -0.3 is 19.7 Å². The van der Waals surface area contributed by atoms with Crippen molar-refractivity contribution in [2.45, 2.75) is 26.8 Å². The molecule has 178 valence electrons. The Labute approximate surface area is 188 Å². The molecule has 1 heterocycles. The Balaban J connectivity index is 1.89. The average molecular weight is 470 g/mol. The minimum atomic E-state index is -3.30. The van der Waals surface area contributed by atoms with E-state index in [0.717, 1.165) is 6.26 Å². The van der Waals surface area contributed by atoms with Crippen LogP contribution in [0.5, 0.6) is 5.75 Å². The lowest BCUT2D eigenvalue weighted by Gasteiger charge is -2.33. The van der Waals surface area contributed by atoms with Gasteiger partial charge in [-0.3, -0.25) is 9.59 Å². The van der Waals surface area contributed by atoms with E-state index in [2.05, 4.69) is 5.32 Å². The predicted molar refractivity (Wildman–Crippen MR) is 118 cm³/mol. The first-order chi connectivity index (χ1) is 15.0. The van der Waals surface area contributed by atoms with Crippen LogP contribution in [0.1, 0.15) is 31.1 Å². The summed E-state index contributed by atoms with van der Waals surface area (Å²) in [6.45, 7) is 6.28. The third-order valence-electron chi connectivity index (χ3n) is 5.03. The zero-order valence-electron chi connectivity index (χ0n) is 18.9. The molecule has 0 unspecified atom stereocenters. The first-order valence-corrected chi connectivity index (χ1v) is 12.3. The number of esters is 1. The molecule has 1 N–H and O–H groups in total. The van der Waals surface area contributed by atoms with Crippen LogP contribution in [0, 0.1) is 5.92 Å². The maximum atomic E-state index is 12.5. The maximum Gasteiger partial charge on any atom is 0.329 e. The average Bonchev–Trinajstić information content (AvgIpc) is 2.75. The SMILES string of the molecule is CCOc1ccc(C(=O)N[C@H](C(=O)OCC(=O)N2CCN(S(C)(=O)=O)CC2)C(C)C)cc1. The first kappa shape index (κ1) is 25.6. The number of nitrogens with one attached hydrogen (secondary N) is 1. The summed E-state index contributed by atoms with van der Waals surface area (Å²) in [6, 6.07) is 5.61. The van der Waals surface area contributed by atoms with Crippen molar-refractivity contribution in [3.05, 3.63) is 29.8 Å². The van der Waals surface area contributed by atoms with Gasteiger partial charge in [0.15, 0.2) is 6.61 Å². The highest BCUT2D eigenvalue weighted by atomic mass is 32.2. The van der Waals surface area contributed by atoms with Gasteiger partial charge >= 0.3 is 5.97 Å². The first-order valence-electron chi connectivity index (χ1n) is 10.5. The predicted octanol–water partition coefficient (Wildman–Crippen LogP) is 0.487. The fraction of sp³-hybridized carbons (Fsp3) is 0.571. The molecule has 32 heavy (non-hydrogen) atoms. The molecule has 1 atom stereocenters. The molecule has 1 aromatic carbocycles. The van der Waals surface area contributed by atoms with E-state index < -0.39 is 40.5 Å². The van der Waals surface area contributed by atoms with Gasteiger partial charge in [-0.25, -0.2) is 13.2 Å². The maximum absolute atomic E-state index is 12.5. The second kappa shape index (κ2) is 11.3. The van der Waals surface area contributed by atoms with Gasteiger partial charge in [0.05, 0.1) is 12.9 Å². The zero-order valence-corrected chi connectivity index (χ0v) is 19.7. The normalized spacial score (nSPS) is 15.8. The third-order valence-corrected chi connectivity index (χ3v) is 6.34. The van der Waals surface area contributed by atoms with Crippen LogP contribution < -0.4 is 10.1 Å². The molecule has 2 rings (SSSR count). The van der Waals surface area contributed by atoms with Crippen molar-refractivity contribution >= 4 is 27.8 Å². The second-order valence-electron chi connectivity index (χ2n) is 7.80. The van der Waals surface area contributed by atoms with E-state index in [0.29, 0.717) is 17.9 Å². The number of rotatable bonds is 9. The Bertz CT molecular complexity index is 908. The highest BCUT2D eigenvalue weighted by Crippen LogP contribution is 2.13. The molecule has 0 saturated carbocycles. The number of sulfonamides is 1. The second-order valence-corrected chi connectivity index (χ2v) is 9.79. The lowest BCUT2D eigenvalue weighted by atomic mass is 10.0. The van der Waals surface area contributed by atoms with Crippen LogP contribution in [-0.4, -0.2) is 87.1 Å². The number of hydrogen-bond donors (Lipinski definition) is 1. The van der Waals surface area contributed by atoms with Gasteiger partial charge in [-0.05, 0) is 37.1 Å². The van der Waals surface area contributed by atoms with Crippen molar-refractivity contribution < 1.29 is 32.3 Å². The molecule has 0 bridgehead atoms. The highest BCUT2D eigenvalue weighted by molar-refractivity contribution is 7.88. The van der Waals surface area contributed by atoms with E-state index in [1.165, 1.54) is 9.21 Å². The Hall–Kier alpha value is -2.66. The topological polar surface area (TPSA) is 122 Å². The molecule has 1 saturated heterocycles. The van der Waals surface area contributed by atoms with E-state index in [4.69, 9.17) is 9.47 Å². The smallest absolute Gasteiger partial charge is 0.329 e. The van der Waals surface area contributed by atoms with Gasteiger partial charge in [0.2, 0.25) is 10.0 Å². The van der Waals surface area contributed by atoms with Gasteiger partial charge in [-0.15, -0.1) is 0 Å². The molecule has 1 aromatic rings. The lowest BCUT2D eigenvalue weighted by Crippen LogP contribution is -2.51.